The smallest absolute Gasteiger partial charge is 0.275 e. The third-order valence-corrected chi connectivity index (χ3v) is 3.56. The number of aromatic nitrogens is 2. The van der Waals surface area contributed by atoms with Gasteiger partial charge in [0.2, 0.25) is 0 Å². The lowest BCUT2D eigenvalue weighted by Gasteiger charge is -2.07. The van der Waals surface area contributed by atoms with Crippen molar-refractivity contribution < 1.29 is 4.79 Å². The maximum absolute atomic E-state index is 12.2. The molecule has 1 aromatic heterocycles. The van der Waals surface area contributed by atoms with Crippen molar-refractivity contribution in [1.82, 2.24) is 9.97 Å². The van der Waals surface area contributed by atoms with E-state index in [9.17, 15) is 4.79 Å². The molecule has 1 heterocycles. The van der Waals surface area contributed by atoms with E-state index in [4.69, 9.17) is 11.6 Å². The van der Waals surface area contributed by atoms with E-state index in [1.807, 2.05) is 43.3 Å². The Labute approximate surface area is 144 Å². The van der Waals surface area contributed by atoms with Crippen LogP contribution in [0.2, 0.25) is 5.02 Å². The van der Waals surface area contributed by atoms with Gasteiger partial charge in [-0.1, -0.05) is 29.3 Å². The largest absolute Gasteiger partial charge is 0.339 e. The normalized spacial score (nSPS) is 10.2. The molecule has 6 heteroatoms. The zero-order valence-electron chi connectivity index (χ0n) is 13.0. The Morgan fingerprint density at radius 1 is 0.917 bits per heavy atom. The fourth-order valence-corrected chi connectivity index (χ4v) is 2.15. The molecule has 2 aromatic carbocycles. The second kappa shape index (κ2) is 7.10. The Balaban J connectivity index is 1.66. The fourth-order valence-electron chi connectivity index (χ4n) is 2.02. The van der Waals surface area contributed by atoms with E-state index < -0.39 is 0 Å². The molecule has 0 bridgehead atoms. The first-order valence-electron chi connectivity index (χ1n) is 7.33. The van der Waals surface area contributed by atoms with Crippen molar-refractivity contribution >= 4 is 34.7 Å². The number of amides is 1. The van der Waals surface area contributed by atoms with Crippen LogP contribution in [0.4, 0.5) is 17.2 Å². The molecule has 0 fully saturated rings. The SMILES string of the molecule is Cc1ccc(NC(=O)c2cnc(Nc3ccc(Cl)cc3)cn2)cc1. The van der Waals surface area contributed by atoms with Gasteiger partial charge in [0.05, 0.1) is 12.4 Å². The number of benzene rings is 2. The first kappa shape index (κ1) is 16.0. The van der Waals surface area contributed by atoms with Crippen LogP contribution in [-0.2, 0) is 0 Å². The molecule has 3 aromatic rings. The minimum Gasteiger partial charge on any atom is -0.339 e. The predicted octanol–water partition coefficient (Wildman–Crippen LogP) is 4.43. The zero-order valence-corrected chi connectivity index (χ0v) is 13.7. The molecule has 0 aliphatic rings. The number of aryl methyl sites for hydroxylation is 1. The Morgan fingerprint density at radius 2 is 1.58 bits per heavy atom. The molecule has 2 N–H and O–H groups in total. The maximum Gasteiger partial charge on any atom is 0.275 e. The number of anilines is 3. The van der Waals surface area contributed by atoms with E-state index in [0.29, 0.717) is 10.8 Å². The summed E-state index contributed by atoms with van der Waals surface area (Å²) < 4.78 is 0. The Morgan fingerprint density at radius 3 is 2.21 bits per heavy atom. The number of carbonyl (C=O) groups excluding carboxylic acids is 1. The standard InChI is InChI=1S/C18H15ClN4O/c1-12-2-6-15(7-3-12)23-18(24)16-10-21-17(11-20-16)22-14-8-4-13(19)5-9-14/h2-11H,1H3,(H,21,22)(H,23,24). The van der Waals surface area contributed by atoms with Crippen molar-refractivity contribution in [2.24, 2.45) is 0 Å². The van der Waals surface area contributed by atoms with Gasteiger partial charge >= 0.3 is 0 Å². The topological polar surface area (TPSA) is 66.9 Å². The van der Waals surface area contributed by atoms with Crippen molar-refractivity contribution in [3.8, 4) is 0 Å². The van der Waals surface area contributed by atoms with E-state index in [2.05, 4.69) is 20.6 Å². The van der Waals surface area contributed by atoms with Crippen LogP contribution in [0.1, 0.15) is 16.1 Å². The van der Waals surface area contributed by atoms with Gasteiger partial charge in [-0.25, -0.2) is 9.97 Å². The van der Waals surface area contributed by atoms with Crippen LogP contribution in [0, 0.1) is 6.92 Å². The zero-order chi connectivity index (χ0) is 16.9. The molecule has 5 nitrogen and oxygen atoms in total. The summed E-state index contributed by atoms with van der Waals surface area (Å²) >= 11 is 5.85. The van der Waals surface area contributed by atoms with E-state index in [0.717, 1.165) is 16.9 Å². The highest BCUT2D eigenvalue weighted by Crippen LogP contribution is 2.17. The molecule has 3 rings (SSSR count). The summed E-state index contributed by atoms with van der Waals surface area (Å²) in [4.78, 5) is 20.5. The lowest BCUT2D eigenvalue weighted by molar-refractivity contribution is 0.102. The molecule has 0 aliphatic heterocycles. The number of halogens is 1. The van der Waals surface area contributed by atoms with E-state index in [1.165, 1.54) is 12.4 Å². The number of nitrogens with zero attached hydrogens (tertiary/aromatic N) is 2. The van der Waals surface area contributed by atoms with Gasteiger partial charge in [-0.2, -0.15) is 0 Å². The first-order valence-corrected chi connectivity index (χ1v) is 7.70. The summed E-state index contributed by atoms with van der Waals surface area (Å²) in [5, 5.41) is 6.54. The predicted molar refractivity (Wildman–Crippen MR) is 95.9 cm³/mol. The minimum absolute atomic E-state index is 0.247. The molecule has 24 heavy (non-hydrogen) atoms. The summed E-state index contributed by atoms with van der Waals surface area (Å²) in [6.07, 6.45) is 2.94. The second-order valence-corrected chi connectivity index (χ2v) is 5.68. The molecule has 0 radical (unpaired) electrons. The molecule has 0 saturated heterocycles. The highest BCUT2D eigenvalue weighted by molar-refractivity contribution is 6.30. The number of hydrogen-bond acceptors (Lipinski definition) is 4. The van der Waals surface area contributed by atoms with Crippen LogP contribution < -0.4 is 10.6 Å². The van der Waals surface area contributed by atoms with Gasteiger partial charge in [-0.3, -0.25) is 4.79 Å². The average molecular weight is 339 g/mol. The molecule has 1 amide bonds. The van der Waals surface area contributed by atoms with Crippen LogP contribution in [0.25, 0.3) is 0 Å². The van der Waals surface area contributed by atoms with Crippen LogP contribution in [0.5, 0.6) is 0 Å². The van der Waals surface area contributed by atoms with Gasteiger partial charge in [-0.05, 0) is 43.3 Å². The molecule has 0 atom stereocenters. The molecular formula is C18H15ClN4O. The highest BCUT2D eigenvalue weighted by Gasteiger charge is 2.08. The van der Waals surface area contributed by atoms with Crippen LogP contribution in [0.3, 0.4) is 0 Å². The molecular weight excluding hydrogens is 324 g/mol. The summed E-state index contributed by atoms with van der Waals surface area (Å²) in [6.45, 7) is 1.99. The van der Waals surface area contributed by atoms with Crippen LogP contribution in [-0.4, -0.2) is 15.9 Å². The highest BCUT2D eigenvalue weighted by atomic mass is 35.5. The summed E-state index contributed by atoms with van der Waals surface area (Å²) in [5.41, 5.74) is 2.93. The van der Waals surface area contributed by atoms with Gasteiger partial charge in [0, 0.05) is 16.4 Å². The molecule has 0 aliphatic carbocycles. The van der Waals surface area contributed by atoms with Gasteiger partial charge < -0.3 is 10.6 Å². The van der Waals surface area contributed by atoms with Gasteiger partial charge in [0.25, 0.3) is 5.91 Å². The second-order valence-electron chi connectivity index (χ2n) is 5.24. The number of hydrogen-bond donors (Lipinski definition) is 2. The van der Waals surface area contributed by atoms with E-state index in [-0.39, 0.29) is 11.6 Å². The van der Waals surface area contributed by atoms with Gasteiger partial charge in [-0.15, -0.1) is 0 Å². The van der Waals surface area contributed by atoms with Crippen LogP contribution >= 0.6 is 11.6 Å². The van der Waals surface area contributed by atoms with Gasteiger partial charge in [0.15, 0.2) is 0 Å². The third-order valence-electron chi connectivity index (χ3n) is 3.31. The van der Waals surface area contributed by atoms with E-state index >= 15 is 0 Å². The fraction of sp³-hybridized carbons (Fsp3) is 0.0556. The first-order chi connectivity index (χ1) is 11.6. The van der Waals surface area contributed by atoms with Crippen molar-refractivity contribution in [3.05, 3.63) is 77.2 Å². The summed E-state index contributed by atoms with van der Waals surface area (Å²) in [5.74, 6) is 0.244. The van der Waals surface area contributed by atoms with Crippen LogP contribution in [0.15, 0.2) is 60.9 Å². The average Bonchev–Trinajstić information content (AvgIpc) is 2.59. The van der Waals surface area contributed by atoms with Crippen molar-refractivity contribution in [2.45, 2.75) is 6.92 Å². The maximum atomic E-state index is 12.2. The lowest BCUT2D eigenvalue weighted by atomic mass is 10.2. The number of rotatable bonds is 4. The Hall–Kier alpha value is -2.92. The molecule has 120 valence electrons. The van der Waals surface area contributed by atoms with Crippen molar-refractivity contribution in [3.63, 3.8) is 0 Å². The lowest BCUT2D eigenvalue weighted by Crippen LogP contribution is -2.14. The summed E-state index contributed by atoms with van der Waals surface area (Å²) in [6, 6.07) is 14.8. The number of carbonyl (C=O) groups is 1. The van der Waals surface area contributed by atoms with E-state index in [1.54, 1.807) is 12.1 Å². The molecule has 0 unspecified atom stereocenters. The Bertz CT molecular complexity index is 830. The molecule has 0 spiro atoms. The van der Waals surface area contributed by atoms with Gasteiger partial charge in [0.1, 0.15) is 11.5 Å². The van der Waals surface area contributed by atoms with Crippen molar-refractivity contribution in [1.29, 1.82) is 0 Å². The Kier molecular flexibility index (Phi) is 4.72. The monoisotopic (exact) mass is 338 g/mol. The third kappa shape index (κ3) is 4.08. The number of nitrogens with one attached hydrogen (secondary N) is 2. The minimum atomic E-state index is -0.301. The summed E-state index contributed by atoms with van der Waals surface area (Å²) in [7, 11) is 0. The molecule has 0 saturated carbocycles. The quantitative estimate of drug-likeness (QED) is 0.738. The van der Waals surface area contributed by atoms with Crippen molar-refractivity contribution in [2.75, 3.05) is 10.6 Å².